The summed E-state index contributed by atoms with van der Waals surface area (Å²) in [6.45, 7) is 4.22. The Bertz CT molecular complexity index is 608. The fourth-order valence-electron chi connectivity index (χ4n) is 6.35. The molecule has 1 amide bonds. The number of unbranched alkanes of at least 4 members (excludes halogenated alkanes) is 30. The van der Waals surface area contributed by atoms with Gasteiger partial charge in [-0.15, -0.1) is 0 Å². The van der Waals surface area contributed by atoms with Crippen LogP contribution in [0, 0.1) is 0 Å². The van der Waals surface area contributed by atoms with Gasteiger partial charge in [0.15, 0.2) is 0 Å². The van der Waals surface area contributed by atoms with Crippen molar-refractivity contribution in [3.8, 4) is 0 Å². The normalized spacial score (nSPS) is 13.1. The molecule has 0 radical (unpaired) electrons. The largest absolute Gasteiger partial charge is 0.394 e. The predicted octanol–water partition coefficient (Wildman–Crippen LogP) is 12.3. The summed E-state index contributed by atoms with van der Waals surface area (Å²) in [5, 5.41) is 22.6. The Hall–Kier alpha value is -0.870. The molecule has 0 saturated carbocycles. The van der Waals surface area contributed by atoms with Crippen LogP contribution in [0.2, 0.25) is 0 Å². The van der Waals surface area contributed by atoms with Gasteiger partial charge in [-0.05, 0) is 19.3 Å². The predicted molar refractivity (Wildman–Crippen MR) is 198 cm³/mol. The van der Waals surface area contributed by atoms with E-state index >= 15 is 0 Å². The lowest BCUT2D eigenvalue weighted by atomic mass is 10.0. The molecule has 2 atom stereocenters. The molecule has 0 spiro atoms. The molecule has 0 aromatic heterocycles. The Morgan fingerprint density at radius 1 is 0.511 bits per heavy atom. The minimum Gasteiger partial charge on any atom is -0.394 e. The highest BCUT2D eigenvalue weighted by Gasteiger charge is 2.17. The Morgan fingerprint density at radius 2 is 0.822 bits per heavy atom. The summed E-state index contributed by atoms with van der Waals surface area (Å²) < 4.78 is 0. The maximum Gasteiger partial charge on any atom is 0.220 e. The second-order valence-corrected chi connectivity index (χ2v) is 14.1. The molecule has 0 rings (SSSR count). The number of amides is 1. The first-order valence-electron chi connectivity index (χ1n) is 20.4. The van der Waals surface area contributed by atoms with E-state index in [1.165, 1.54) is 180 Å². The first kappa shape index (κ1) is 44.1. The fraction of sp³-hybridized carbons (Fsp3) is 0.927. The summed E-state index contributed by atoms with van der Waals surface area (Å²) >= 11 is 0. The molecule has 0 aliphatic heterocycles. The standard InChI is InChI=1S/C41H81NO3/c1-3-5-7-9-10-11-12-13-14-15-16-17-18-19-20-21-22-23-24-25-26-27-28-29-30-31-33-35-37-41(45)42-39(38-43)40(44)36-34-32-8-6-4-2/h34,36,39-40,43-44H,3-33,35,37-38H2,1-2H3,(H,42,45)/b36-34+. The lowest BCUT2D eigenvalue weighted by molar-refractivity contribution is -0.123. The summed E-state index contributed by atoms with van der Waals surface area (Å²) in [6.07, 6.45) is 46.5. The molecule has 0 saturated heterocycles. The van der Waals surface area contributed by atoms with E-state index in [0.29, 0.717) is 6.42 Å². The van der Waals surface area contributed by atoms with Gasteiger partial charge in [0, 0.05) is 6.42 Å². The third kappa shape index (κ3) is 34.3. The van der Waals surface area contributed by atoms with Crippen LogP contribution in [0.3, 0.4) is 0 Å². The summed E-state index contributed by atoms with van der Waals surface area (Å²) in [7, 11) is 0. The van der Waals surface area contributed by atoms with Crippen molar-refractivity contribution in [2.45, 2.75) is 238 Å². The molecule has 0 fully saturated rings. The van der Waals surface area contributed by atoms with Crippen LogP contribution < -0.4 is 5.32 Å². The van der Waals surface area contributed by atoms with Crippen LogP contribution in [0.15, 0.2) is 12.2 Å². The van der Waals surface area contributed by atoms with Gasteiger partial charge in [0.05, 0.1) is 18.8 Å². The average molecular weight is 636 g/mol. The molecule has 0 heterocycles. The van der Waals surface area contributed by atoms with Crippen molar-refractivity contribution >= 4 is 5.91 Å². The van der Waals surface area contributed by atoms with Crippen LogP contribution in [-0.4, -0.2) is 34.9 Å². The molecule has 45 heavy (non-hydrogen) atoms. The molecule has 0 bridgehead atoms. The van der Waals surface area contributed by atoms with Crippen LogP contribution >= 0.6 is 0 Å². The molecule has 0 aliphatic rings. The number of hydrogen-bond acceptors (Lipinski definition) is 3. The Balaban J connectivity index is 3.33. The minimum atomic E-state index is -0.829. The highest BCUT2D eigenvalue weighted by Crippen LogP contribution is 2.16. The van der Waals surface area contributed by atoms with Crippen molar-refractivity contribution in [1.82, 2.24) is 5.32 Å². The number of carbonyl (C=O) groups excluding carboxylic acids is 1. The molecule has 268 valence electrons. The van der Waals surface area contributed by atoms with Crippen LogP contribution in [-0.2, 0) is 4.79 Å². The van der Waals surface area contributed by atoms with E-state index in [0.717, 1.165) is 25.7 Å². The van der Waals surface area contributed by atoms with Gasteiger partial charge in [-0.25, -0.2) is 0 Å². The smallest absolute Gasteiger partial charge is 0.220 e. The van der Waals surface area contributed by atoms with E-state index in [-0.39, 0.29) is 12.5 Å². The second kappa shape index (κ2) is 37.6. The van der Waals surface area contributed by atoms with Crippen LogP contribution in [0.25, 0.3) is 0 Å². The van der Waals surface area contributed by atoms with E-state index < -0.39 is 12.1 Å². The van der Waals surface area contributed by atoms with E-state index in [1.54, 1.807) is 6.08 Å². The topological polar surface area (TPSA) is 69.6 Å². The number of aliphatic hydroxyl groups is 2. The van der Waals surface area contributed by atoms with Gasteiger partial charge >= 0.3 is 0 Å². The molecule has 4 heteroatoms. The van der Waals surface area contributed by atoms with Gasteiger partial charge in [0.25, 0.3) is 0 Å². The van der Waals surface area contributed by atoms with Crippen LogP contribution in [0.5, 0.6) is 0 Å². The van der Waals surface area contributed by atoms with Crippen molar-refractivity contribution in [3.05, 3.63) is 12.2 Å². The Labute approximate surface area is 282 Å². The van der Waals surface area contributed by atoms with Crippen molar-refractivity contribution in [1.29, 1.82) is 0 Å². The maximum atomic E-state index is 12.2. The number of aliphatic hydroxyl groups excluding tert-OH is 2. The van der Waals surface area contributed by atoms with E-state index in [2.05, 4.69) is 19.2 Å². The van der Waals surface area contributed by atoms with Crippen molar-refractivity contribution in [3.63, 3.8) is 0 Å². The quantitative estimate of drug-likeness (QED) is 0.0470. The van der Waals surface area contributed by atoms with E-state index in [1.807, 2.05) is 6.08 Å². The zero-order chi connectivity index (χ0) is 32.9. The van der Waals surface area contributed by atoms with Crippen molar-refractivity contribution < 1.29 is 15.0 Å². The van der Waals surface area contributed by atoms with Crippen molar-refractivity contribution in [2.75, 3.05) is 6.61 Å². The van der Waals surface area contributed by atoms with Gasteiger partial charge in [0.1, 0.15) is 0 Å². The number of rotatable bonds is 37. The van der Waals surface area contributed by atoms with E-state index in [9.17, 15) is 15.0 Å². The zero-order valence-corrected chi connectivity index (χ0v) is 30.7. The third-order valence-corrected chi connectivity index (χ3v) is 9.52. The molecule has 4 nitrogen and oxygen atoms in total. The van der Waals surface area contributed by atoms with E-state index in [4.69, 9.17) is 0 Å². The lowest BCUT2D eigenvalue weighted by Crippen LogP contribution is -2.45. The molecular weight excluding hydrogens is 554 g/mol. The SMILES string of the molecule is CCCCC/C=C/C(O)C(CO)NC(=O)CCCCCCCCCCCCCCCCCCCCCCCCCCCCCC. The fourth-order valence-corrected chi connectivity index (χ4v) is 6.35. The van der Waals surface area contributed by atoms with Gasteiger partial charge in [-0.2, -0.15) is 0 Å². The summed E-state index contributed by atoms with van der Waals surface area (Å²) in [6, 6.07) is -0.612. The highest BCUT2D eigenvalue weighted by atomic mass is 16.3. The highest BCUT2D eigenvalue weighted by molar-refractivity contribution is 5.76. The third-order valence-electron chi connectivity index (χ3n) is 9.52. The number of nitrogens with one attached hydrogen (secondary N) is 1. The monoisotopic (exact) mass is 636 g/mol. The molecule has 0 aromatic rings. The molecule has 2 unspecified atom stereocenters. The van der Waals surface area contributed by atoms with Crippen LogP contribution in [0.1, 0.15) is 226 Å². The zero-order valence-electron chi connectivity index (χ0n) is 30.7. The average Bonchev–Trinajstić information content (AvgIpc) is 3.04. The molecular formula is C41H81NO3. The van der Waals surface area contributed by atoms with Gasteiger partial charge < -0.3 is 15.5 Å². The maximum absolute atomic E-state index is 12.2. The summed E-state index contributed by atoms with van der Waals surface area (Å²) in [5.74, 6) is -0.0673. The van der Waals surface area contributed by atoms with Gasteiger partial charge in [0.2, 0.25) is 5.91 Å². The first-order chi connectivity index (χ1) is 22.2. The molecule has 0 aromatic carbocycles. The summed E-state index contributed by atoms with van der Waals surface area (Å²) in [5.41, 5.74) is 0. The number of allylic oxidation sites excluding steroid dienone is 1. The first-order valence-corrected chi connectivity index (χ1v) is 20.4. The Morgan fingerprint density at radius 3 is 1.16 bits per heavy atom. The van der Waals surface area contributed by atoms with Crippen molar-refractivity contribution in [2.24, 2.45) is 0 Å². The second-order valence-electron chi connectivity index (χ2n) is 14.1. The lowest BCUT2D eigenvalue weighted by Gasteiger charge is -2.20. The van der Waals surface area contributed by atoms with Gasteiger partial charge in [-0.3, -0.25) is 4.79 Å². The number of carbonyl (C=O) groups is 1. The minimum absolute atomic E-state index is 0.0673. The van der Waals surface area contributed by atoms with Gasteiger partial charge in [-0.1, -0.05) is 212 Å². The molecule has 3 N–H and O–H groups in total. The molecule has 0 aliphatic carbocycles. The Kier molecular flexibility index (Phi) is 36.9. The van der Waals surface area contributed by atoms with Crippen LogP contribution in [0.4, 0.5) is 0 Å². The summed E-state index contributed by atoms with van der Waals surface area (Å²) in [4.78, 5) is 12.2. The number of hydrogen-bond donors (Lipinski definition) is 3.